The molecule has 0 unspecified atom stereocenters. The van der Waals surface area contributed by atoms with Crippen LogP contribution in [0.3, 0.4) is 0 Å². The molecule has 0 aliphatic carbocycles. The van der Waals surface area contributed by atoms with Crippen LogP contribution in [-0.2, 0) is 4.74 Å². The van der Waals surface area contributed by atoms with E-state index >= 15 is 0 Å². The van der Waals surface area contributed by atoms with Crippen molar-refractivity contribution >= 4 is 0 Å². The highest BCUT2D eigenvalue weighted by Gasteiger charge is 2.32. The summed E-state index contributed by atoms with van der Waals surface area (Å²) in [6, 6.07) is 0. The lowest BCUT2D eigenvalue weighted by atomic mass is 9.92. The molecule has 2 nitrogen and oxygen atoms in total. The Balaban J connectivity index is 2.10. The number of hydrogen-bond donors (Lipinski definition) is 1. The minimum atomic E-state index is 0.130. The average Bonchev–Trinajstić information content (AvgIpc) is 1.81. The first-order valence-corrected chi connectivity index (χ1v) is 4.76. The largest absolute Gasteiger partial charge is 0.373 e. The molecule has 0 aromatic rings. The van der Waals surface area contributed by atoms with Crippen molar-refractivity contribution in [3.63, 3.8) is 0 Å². The van der Waals surface area contributed by atoms with Crippen LogP contribution in [0.2, 0.25) is 0 Å². The Morgan fingerprint density at radius 1 is 1.33 bits per heavy atom. The number of rotatable bonds is 3. The van der Waals surface area contributed by atoms with Crippen molar-refractivity contribution < 1.29 is 4.74 Å². The van der Waals surface area contributed by atoms with E-state index in [0.29, 0.717) is 5.41 Å². The number of hydrogen-bond acceptors (Lipinski definition) is 2. The standard InChI is InChI=1S/C10H21NO/c1-9(2,3)5-6-12-10(4)7-11-8-10/h11H,5-8H2,1-4H3. The molecule has 0 aromatic carbocycles. The minimum Gasteiger partial charge on any atom is -0.373 e. The van der Waals surface area contributed by atoms with E-state index in [9.17, 15) is 0 Å². The van der Waals surface area contributed by atoms with Gasteiger partial charge in [0.1, 0.15) is 0 Å². The van der Waals surface area contributed by atoms with Gasteiger partial charge in [0.2, 0.25) is 0 Å². The van der Waals surface area contributed by atoms with Gasteiger partial charge in [0.15, 0.2) is 0 Å². The molecule has 72 valence electrons. The van der Waals surface area contributed by atoms with Gasteiger partial charge in [0.25, 0.3) is 0 Å². The number of ether oxygens (including phenoxy) is 1. The summed E-state index contributed by atoms with van der Waals surface area (Å²) >= 11 is 0. The summed E-state index contributed by atoms with van der Waals surface area (Å²) in [6.45, 7) is 11.8. The fraction of sp³-hybridized carbons (Fsp3) is 1.00. The smallest absolute Gasteiger partial charge is 0.0901 e. The second kappa shape index (κ2) is 3.35. The van der Waals surface area contributed by atoms with Gasteiger partial charge in [-0.2, -0.15) is 0 Å². The third kappa shape index (κ3) is 3.11. The van der Waals surface area contributed by atoms with Crippen LogP contribution in [0.15, 0.2) is 0 Å². The minimum absolute atomic E-state index is 0.130. The SMILES string of the molecule is CC(C)(C)CCOC1(C)CNC1. The van der Waals surface area contributed by atoms with Crippen molar-refractivity contribution in [2.45, 2.75) is 39.7 Å². The Morgan fingerprint density at radius 2 is 1.92 bits per heavy atom. The van der Waals surface area contributed by atoms with Gasteiger partial charge >= 0.3 is 0 Å². The molecule has 0 spiro atoms. The molecule has 0 aromatic heterocycles. The maximum absolute atomic E-state index is 5.78. The molecule has 0 amide bonds. The summed E-state index contributed by atoms with van der Waals surface area (Å²) in [4.78, 5) is 0. The lowest BCUT2D eigenvalue weighted by Gasteiger charge is -2.39. The molecule has 0 bridgehead atoms. The molecule has 2 heteroatoms. The average molecular weight is 171 g/mol. The fourth-order valence-electron chi connectivity index (χ4n) is 1.18. The van der Waals surface area contributed by atoms with Gasteiger partial charge in [-0.05, 0) is 18.8 Å². The van der Waals surface area contributed by atoms with E-state index in [1.165, 1.54) is 0 Å². The van der Waals surface area contributed by atoms with E-state index in [2.05, 4.69) is 33.0 Å². The summed E-state index contributed by atoms with van der Waals surface area (Å²) in [6.07, 6.45) is 1.14. The maximum Gasteiger partial charge on any atom is 0.0901 e. The zero-order valence-corrected chi connectivity index (χ0v) is 8.74. The normalized spacial score (nSPS) is 22.0. The van der Waals surface area contributed by atoms with Gasteiger partial charge < -0.3 is 10.1 Å². The highest BCUT2D eigenvalue weighted by Crippen LogP contribution is 2.21. The lowest BCUT2D eigenvalue weighted by Crippen LogP contribution is -2.59. The summed E-state index contributed by atoms with van der Waals surface area (Å²) < 4.78 is 5.78. The van der Waals surface area contributed by atoms with Crippen LogP contribution in [0.25, 0.3) is 0 Å². The molecule has 1 aliphatic heterocycles. The zero-order chi connectivity index (χ0) is 9.24. The van der Waals surface area contributed by atoms with Crippen molar-refractivity contribution in [1.29, 1.82) is 0 Å². The third-order valence-electron chi connectivity index (χ3n) is 2.30. The molecular weight excluding hydrogens is 150 g/mol. The third-order valence-corrected chi connectivity index (χ3v) is 2.30. The first kappa shape index (κ1) is 10.0. The van der Waals surface area contributed by atoms with Crippen LogP contribution in [0.5, 0.6) is 0 Å². The van der Waals surface area contributed by atoms with Crippen molar-refractivity contribution in [3.8, 4) is 0 Å². The molecule has 1 rings (SSSR count). The summed E-state index contributed by atoms with van der Waals surface area (Å²) in [5.41, 5.74) is 0.527. The summed E-state index contributed by atoms with van der Waals surface area (Å²) in [7, 11) is 0. The van der Waals surface area contributed by atoms with E-state index in [1.54, 1.807) is 0 Å². The predicted molar refractivity (Wildman–Crippen MR) is 51.3 cm³/mol. The van der Waals surface area contributed by atoms with E-state index in [-0.39, 0.29) is 5.60 Å². The molecule has 0 radical (unpaired) electrons. The van der Waals surface area contributed by atoms with E-state index in [1.807, 2.05) is 0 Å². The van der Waals surface area contributed by atoms with E-state index < -0.39 is 0 Å². The van der Waals surface area contributed by atoms with Crippen molar-refractivity contribution in [2.24, 2.45) is 5.41 Å². The number of nitrogens with one attached hydrogen (secondary N) is 1. The predicted octanol–water partition coefficient (Wildman–Crippen LogP) is 1.80. The van der Waals surface area contributed by atoms with E-state index in [0.717, 1.165) is 26.1 Å². The molecule has 1 heterocycles. The van der Waals surface area contributed by atoms with Gasteiger partial charge in [0, 0.05) is 19.7 Å². The van der Waals surface area contributed by atoms with Gasteiger partial charge in [-0.25, -0.2) is 0 Å². The molecule has 1 aliphatic rings. The van der Waals surface area contributed by atoms with Crippen LogP contribution >= 0.6 is 0 Å². The monoisotopic (exact) mass is 171 g/mol. The van der Waals surface area contributed by atoms with Crippen molar-refractivity contribution in [1.82, 2.24) is 5.32 Å². The van der Waals surface area contributed by atoms with E-state index in [4.69, 9.17) is 4.74 Å². The quantitative estimate of drug-likeness (QED) is 0.699. The zero-order valence-electron chi connectivity index (χ0n) is 8.74. The Bertz CT molecular complexity index is 144. The second-order valence-electron chi connectivity index (χ2n) is 5.21. The van der Waals surface area contributed by atoms with Crippen LogP contribution in [0.1, 0.15) is 34.1 Å². The van der Waals surface area contributed by atoms with Gasteiger partial charge in [-0.3, -0.25) is 0 Å². The molecule has 1 fully saturated rings. The fourth-order valence-corrected chi connectivity index (χ4v) is 1.18. The summed E-state index contributed by atoms with van der Waals surface area (Å²) in [5.74, 6) is 0. The Labute approximate surface area is 75.7 Å². The Morgan fingerprint density at radius 3 is 2.25 bits per heavy atom. The molecule has 12 heavy (non-hydrogen) atoms. The first-order chi connectivity index (χ1) is 5.41. The van der Waals surface area contributed by atoms with Crippen molar-refractivity contribution in [3.05, 3.63) is 0 Å². The van der Waals surface area contributed by atoms with Gasteiger partial charge in [0.05, 0.1) is 5.60 Å². The first-order valence-electron chi connectivity index (χ1n) is 4.76. The van der Waals surface area contributed by atoms with Gasteiger partial charge in [-0.1, -0.05) is 20.8 Å². The highest BCUT2D eigenvalue weighted by atomic mass is 16.5. The van der Waals surface area contributed by atoms with Crippen LogP contribution in [0, 0.1) is 5.41 Å². The molecule has 0 saturated carbocycles. The summed E-state index contributed by atoms with van der Waals surface area (Å²) in [5, 5.41) is 3.22. The lowest BCUT2D eigenvalue weighted by molar-refractivity contribution is -0.0734. The molecule has 1 N–H and O–H groups in total. The Hall–Kier alpha value is -0.0800. The molecule has 0 atom stereocenters. The van der Waals surface area contributed by atoms with Gasteiger partial charge in [-0.15, -0.1) is 0 Å². The molecule has 1 saturated heterocycles. The topological polar surface area (TPSA) is 21.3 Å². The maximum atomic E-state index is 5.78. The molecular formula is C10H21NO. The van der Waals surface area contributed by atoms with Crippen molar-refractivity contribution in [2.75, 3.05) is 19.7 Å². The Kier molecular flexibility index (Phi) is 2.79. The highest BCUT2D eigenvalue weighted by molar-refractivity contribution is 4.90. The van der Waals surface area contributed by atoms with Crippen LogP contribution < -0.4 is 5.32 Å². The van der Waals surface area contributed by atoms with Crippen LogP contribution in [-0.4, -0.2) is 25.3 Å². The second-order valence-corrected chi connectivity index (χ2v) is 5.21. The van der Waals surface area contributed by atoms with Crippen LogP contribution in [0.4, 0.5) is 0 Å².